The first kappa shape index (κ1) is 24.2. The first-order valence-electron chi connectivity index (χ1n) is 11.0. The summed E-state index contributed by atoms with van der Waals surface area (Å²) in [6, 6.07) is 4.94. The van der Waals surface area contributed by atoms with Crippen molar-refractivity contribution in [2.45, 2.75) is 45.4 Å². The number of ether oxygens (including phenoxy) is 1. The number of carbonyl (C=O) groups is 1. The number of hydrogen-bond donors (Lipinski definition) is 1. The van der Waals surface area contributed by atoms with Gasteiger partial charge in [-0.3, -0.25) is 4.79 Å². The molecule has 0 unspecified atom stereocenters. The molecule has 176 valence electrons. The molecule has 1 saturated heterocycles. The van der Waals surface area contributed by atoms with E-state index in [0.717, 1.165) is 30.0 Å². The van der Waals surface area contributed by atoms with Gasteiger partial charge in [-0.2, -0.15) is 4.31 Å². The van der Waals surface area contributed by atoms with Gasteiger partial charge in [0.1, 0.15) is 5.76 Å². The summed E-state index contributed by atoms with van der Waals surface area (Å²) < 4.78 is 38.1. The van der Waals surface area contributed by atoms with Crippen LogP contribution in [0.2, 0.25) is 0 Å². The van der Waals surface area contributed by atoms with Crippen LogP contribution in [0.4, 0.5) is 11.4 Å². The van der Waals surface area contributed by atoms with Gasteiger partial charge in [-0.25, -0.2) is 8.42 Å². The fourth-order valence-corrected chi connectivity index (χ4v) is 5.30. The summed E-state index contributed by atoms with van der Waals surface area (Å²) in [7, 11) is -3.67. The van der Waals surface area contributed by atoms with Gasteiger partial charge in [0.15, 0.2) is 0 Å². The van der Waals surface area contributed by atoms with Crippen LogP contribution in [0.5, 0.6) is 0 Å². The lowest BCUT2D eigenvalue weighted by atomic mass is 10.1. The van der Waals surface area contributed by atoms with Crippen molar-refractivity contribution in [1.29, 1.82) is 0 Å². The maximum atomic E-state index is 13.1. The average molecular weight is 465 g/mol. The van der Waals surface area contributed by atoms with Gasteiger partial charge >= 0.3 is 0 Å². The third-order valence-electron chi connectivity index (χ3n) is 5.74. The highest BCUT2D eigenvalue weighted by Crippen LogP contribution is 2.31. The second-order valence-electron chi connectivity index (χ2n) is 7.72. The molecule has 1 aromatic heterocycles. The predicted octanol–water partition coefficient (Wildman–Crippen LogP) is 2.73. The average Bonchev–Trinajstić information content (AvgIpc) is 3.11. The Labute approximate surface area is 189 Å². The van der Waals surface area contributed by atoms with Crippen molar-refractivity contribution in [3.05, 3.63) is 35.2 Å². The lowest BCUT2D eigenvalue weighted by Crippen LogP contribution is -2.40. The van der Waals surface area contributed by atoms with Gasteiger partial charge in [0, 0.05) is 38.2 Å². The minimum Gasteiger partial charge on any atom is -0.379 e. The van der Waals surface area contributed by atoms with E-state index in [-0.39, 0.29) is 17.2 Å². The molecule has 10 heteroatoms. The van der Waals surface area contributed by atoms with E-state index < -0.39 is 10.0 Å². The Morgan fingerprint density at radius 3 is 2.47 bits per heavy atom. The number of hydrogen-bond acceptors (Lipinski definition) is 7. The number of nitrogens with zero attached hydrogens (tertiary/aromatic N) is 3. The molecule has 0 radical (unpaired) electrons. The molecule has 0 spiro atoms. The smallest absolute Gasteiger partial charge is 0.243 e. The van der Waals surface area contributed by atoms with E-state index >= 15 is 0 Å². The quantitative estimate of drug-likeness (QED) is 0.608. The Morgan fingerprint density at radius 2 is 1.88 bits per heavy atom. The van der Waals surface area contributed by atoms with Crippen LogP contribution in [0.1, 0.15) is 37.3 Å². The highest BCUT2D eigenvalue weighted by molar-refractivity contribution is 7.89. The zero-order valence-corrected chi connectivity index (χ0v) is 20.0. The Balaban J connectivity index is 1.85. The predicted molar refractivity (Wildman–Crippen MR) is 123 cm³/mol. The molecule has 1 N–H and O–H groups in total. The molecule has 0 saturated carbocycles. The standard InChI is InChI=1S/C22H32N4O5S/c1-5-25(6-2)21-9-7-18(32(28,29)26-11-13-30-14-12-26)15-20(21)23-22(27)10-8-19-16(3)24-31-17(19)4/h7,9,15H,5-6,8,10-14H2,1-4H3,(H,23,27). The number of sulfonamides is 1. The molecule has 2 aromatic rings. The number of nitrogens with one attached hydrogen (secondary N) is 1. The highest BCUT2D eigenvalue weighted by Gasteiger charge is 2.27. The molecular formula is C22H32N4O5S. The summed E-state index contributed by atoms with van der Waals surface area (Å²) in [5, 5.41) is 6.86. The number of anilines is 2. The molecule has 1 aliphatic heterocycles. The van der Waals surface area contributed by atoms with Crippen LogP contribution in [0.3, 0.4) is 0 Å². The van der Waals surface area contributed by atoms with Crippen molar-refractivity contribution >= 4 is 27.3 Å². The first-order chi connectivity index (χ1) is 15.3. The Kier molecular flexibility index (Phi) is 7.91. The number of aromatic nitrogens is 1. The Bertz CT molecular complexity index is 1020. The van der Waals surface area contributed by atoms with Crippen molar-refractivity contribution < 1.29 is 22.5 Å². The van der Waals surface area contributed by atoms with Gasteiger partial charge in [-0.15, -0.1) is 0 Å². The largest absolute Gasteiger partial charge is 0.379 e. The van der Waals surface area contributed by atoms with Crippen LogP contribution in [0.15, 0.2) is 27.6 Å². The molecule has 0 atom stereocenters. The van der Waals surface area contributed by atoms with E-state index in [2.05, 4.69) is 15.4 Å². The van der Waals surface area contributed by atoms with E-state index in [4.69, 9.17) is 9.26 Å². The molecule has 1 amide bonds. The van der Waals surface area contributed by atoms with Crippen molar-refractivity contribution in [2.75, 3.05) is 49.6 Å². The highest BCUT2D eigenvalue weighted by atomic mass is 32.2. The van der Waals surface area contributed by atoms with Gasteiger partial charge in [-0.1, -0.05) is 5.16 Å². The van der Waals surface area contributed by atoms with E-state index in [1.807, 2.05) is 27.7 Å². The molecule has 0 bridgehead atoms. The minimum absolute atomic E-state index is 0.163. The molecule has 0 aliphatic carbocycles. The summed E-state index contributed by atoms with van der Waals surface area (Å²) in [6.45, 7) is 10.6. The van der Waals surface area contributed by atoms with Crippen molar-refractivity contribution in [3.63, 3.8) is 0 Å². The van der Waals surface area contributed by atoms with Gasteiger partial charge in [-0.05, 0) is 52.3 Å². The summed E-state index contributed by atoms with van der Waals surface area (Å²) in [4.78, 5) is 15.0. The van der Waals surface area contributed by atoms with Crippen LogP contribution in [-0.4, -0.2) is 63.2 Å². The molecule has 1 fully saturated rings. The summed E-state index contributed by atoms with van der Waals surface area (Å²) in [5.41, 5.74) is 2.99. The SMILES string of the molecule is CCN(CC)c1ccc(S(=O)(=O)N2CCOCC2)cc1NC(=O)CCc1c(C)noc1C. The monoisotopic (exact) mass is 464 g/mol. The van der Waals surface area contributed by atoms with Gasteiger partial charge in [0.25, 0.3) is 0 Å². The van der Waals surface area contributed by atoms with Crippen LogP contribution in [0.25, 0.3) is 0 Å². The summed E-state index contributed by atoms with van der Waals surface area (Å²) in [6.07, 6.45) is 0.737. The van der Waals surface area contributed by atoms with Crippen LogP contribution in [0, 0.1) is 13.8 Å². The molecule has 3 rings (SSSR count). The van der Waals surface area contributed by atoms with Gasteiger partial charge < -0.3 is 19.5 Å². The van der Waals surface area contributed by atoms with Crippen molar-refractivity contribution in [1.82, 2.24) is 9.46 Å². The molecule has 2 heterocycles. The lowest BCUT2D eigenvalue weighted by molar-refractivity contribution is -0.116. The second kappa shape index (κ2) is 10.5. The molecule has 32 heavy (non-hydrogen) atoms. The van der Waals surface area contributed by atoms with Crippen molar-refractivity contribution in [3.8, 4) is 0 Å². The van der Waals surface area contributed by atoms with Gasteiger partial charge in [0.05, 0.1) is 35.2 Å². The third kappa shape index (κ3) is 5.31. The van der Waals surface area contributed by atoms with E-state index in [9.17, 15) is 13.2 Å². The van der Waals surface area contributed by atoms with Crippen LogP contribution in [-0.2, 0) is 26.0 Å². The maximum Gasteiger partial charge on any atom is 0.243 e. The lowest BCUT2D eigenvalue weighted by Gasteiger charge is -2.28. The zero-order valence-electron chi connectivity index (χ0n) is 19.2. The molecular weight excluding hydrogens is 432 g/mol. The minimum atomic E-state index is -3.67. The Hall–Kier alpha value is -2.43. The van der Waals surface area contributed by atoms with Crippen LogP contribution >= 0.6 is 0 Å². The molecule has 9 nitrogen and oxygen atoms in total. The summed E-state index contributed by atoms with van der Waals surface area (Å²) >= 11 is 0. The van der Waals surface area contributed by atoms with E-state index in [0.29, 0.717) is 44.2 Å². The third-order valence-corrected chi connectivity index (χ3v) is 7.63. The number of aryl methyl sites for hydroxylation is 2. The number of morpholine rings is 1. The number of carbonyl (C=O) groups excluding carboxylic acids is 1. The number of rotatable bonds is 9. The fraction of sp³-hybridized carbons (Fsp3) is 0.545. The number of amides is 1. The summed E-state index contributed by atoms with van der Waals surface area (Å²) in [5.74, 6) is 0.511. The zero-order chi connectivity index (χ0) is 23.3. The topological polar surface area (TPSA) is 105 Å². The fourth-order valence-electron chi connectivity index (χ4n) is 3.86. The maximum absolute atomic E-state index is 13.1. The van der Waals surface area contributed by atoms with Crippen molar-refractivity contribution in [2.24, 2.45) is 0 Å². The first-order valence-corrected chi connectivity index (χ1v) is 12.4. The van der Waals surface area contributed by atoms with E-state index in [1.54, 1.807) is 18.2 Å². The number of benzene rings is 1. The second-order valence-corrected chi connectivity index (χ2v) is 9.66. The normalized spacial score (nSPS) is 15.0. The van der Waals surface area contributed by atoms with Crippen LogP contribution < -0.4 is 10.2 Å². The van der Waals surface area contributed by atoms with E-state index in [1.165, 1.54) is 4.31 Å². The molecule has 1 aliphatic rings. The Morgan fingerprint density at radius 1 is 1.19 bits per heavy atom. The van der Waals surface area contributed by atoms with Gasteiger partial charge in [0.2, 0.25) is 15.9 Å². The molecule has 1 aromatic carbocycles.